The number of rotatable bonds is 4. The molecule has 1 N–H and O–H groups in total. The maximum absolute atomic E-state index is 12.0. The van der Waals surface area contributed by atoms with Crippen molar-refractivity contribution in [1.29, 1.82) is 0 Å². The summed E-state index contributed by atoms with van der Waals surface area (Å²) in [4.78, 5) is 12.0. The molecular formula is C12H13IN4O. The summed E-state index contributed by atoms with van der Waals surface area (Å²) in [5, 5.41) is 10.6. The van der Waals surface area contributed by atoms with E-state index < -0.39 is 0 Å². The molecule has 2 rings (SSSR count). The standard InChI is InChI=1S/C12H13IN4O/c1-2-17-8-15-16-11(17)7-14-12(18)9-5-3-4-6-10(9)13/h3-6,8H,2,7H2,1H3,(H,14,18). The van der Waals surface area contributed by atoms with Crippen molar-refractivity contribution >= 4 is 28.5 Å². The number of benzene rings is 1. The molecule has 94 valence electrons. The molecule has 0 bridgehead atoms. The molecule has 0 aliphatic heterocycles. The highest BCUT2D eigenvalue weighted by Crippen LogP contribution is 2.11. The molecule has 5 nitrogen and oxygen atoms in total. The number of halogens is 1. The first-order valence-corrected chi connectivity index (χ1v) is 6.69. The Hall–Kier alpha value is -1.44. The molecule has 18 heavy (non-hydrogen) atoms. The SMILES string of the molecule is CCn1cnnc1CNC(=O)c1ccccc1I. The molecule has 0 unspecified atom stereocenters. The van der Waals surface area contributed by atoms with Gasteiger partial charge in [-0.3, -0.25) is 4.79 Å². The monoisotopic (exact) mass is 356 g/mol. The third-order valence-corrected chi connectivity index (χ3v) is 3.50. The highest BCUT2D eigenvalue weighted by atomic mass is 127. The third kappa shape index (κ3) is 2.87. The first-order valence-electron chi connectivity index (χ1n) is 5.61. The molecule has 0 saturated heterocycles. The minimum atomic E-state index is -0.0920. The van der Waals surface area contributed by atoms with Gasteiger partial charge < -0.3 is 9.88 Å². The minimum absolute atomic E-state index is 0.0920. The van der Waals surface area contributed by atoms with E-state index in [2.05, 4.69) is 38.1 Å². The Morgan fingerprint density at radius 2 is 2.22 bits per heavy atom. The summed E-state index contributed by atoms with van der Waals surface area (Å²) in [5.74, 6) is 0.669. The number of aromatic nitrogens is 3. The summed E-state index contributed by atoms with van der Waals surface area (Å²) in [6, 6.07) is 7.48. The van der Waals surface area contributed by atoms with E-state index in [9.17, 15) is 4.79 Å². The van der Waals surface area contributed by atoms with Crippen molar-refractivity contribution in [2.24, 2.45) is 0 Å². The number of hydrogen-bond donors (Lipinski definition) is 1. The van der Waals surface area contributed by atoms with Gasteiger partial charge in [0, 0.05) is 10.1 Å². The van der Waals surface area contributed by atoms with Crippen LogP contribution in [0.1, 0.15) is 23.1 Å². The van der Waals surface area contributed by atoms with E-state index in [0.717, 1.165) is 15.9 Å². The van der Waals surface area contributed by atoms with Crippen molar-refractivity contribution in [3.05, 3.63) is 45.6 Å². The van der Waals surface area contributed by atoms with E-state index in [1.54, 1.807) is 6.33 Å². The molecule has 0 spiro atoms. The zero-order valence-electron chi connectivity index (χ0n) is 9.93. The van der Waals surface area contributed by atoms with Crippen molar-refractivity contribution in [3.8, 4) is 0 Å². The van der Waals surface area contributed by atoms with Crippen molar-refractivity contribution in [3.63, 3.8) is 0 Å². The predicted octanol–water partition coefficient (Wildman–Crippen LogP) is 1.83. The predicted molar refractivity (Wildman–Crippen MR) is 76.0 cm³/mol. The van der Waals surface area contributed by atoms with Gasteiger partial charge >= 0.3 is 0 Å². The van der Waals surface area contributed by atoms with Crippen LogP contribution >= 0.6 is 22.6 Å². The fraction of sp³-hybridized carbons (Fsp3) is 0.250. The summed E-state index contributed by atoms with van der Waals surface area (Å²) in [5.41, 5.74) is 0.681. The number of aryl methyl sites for hydroxylation is 1. The van der Waals surface area contributed by atoms with Gasteiger partial charge in [-0.15, -0.1) is 10.2 Å². The smallest absolute Gasteiger partial charge is 0.252 e. The molecule has 0 atom stereocenters. The minimum Gasteiger partial charge on any atom is -0.345 e. The summed E-state index contributed by atoms with van der Waals surface area (Å²) >= 11 is 2.15. The molecule has 1 aromatic carbocycles. The summed E-state index contributed by atoms with van der Waals surface area (Å²) in [6.45, 7) is 3.19. The Kier molecular flexibility index (Phi) is 4.29. The highest BCUT2D eigenvalue weighted by molar-refractivity contribution is 14.1. The van der Waals surface area contributed by atoms with Crippen LogP contribution in [0, 0.1) is 3.57 Å². The van der Waals surface area contributed by atoms with Crippen LogP contribution in [0.25, 0.3) is 0 Å². The van der Waals surface area contributed by atoms with Crippen molar-refractivity contribution in [2.45, 2.75) is 20.0 Å². The normalized spacial score (nSPS) is 10.3. The summed E-state index contributed by atoms with van der Waals surface area (Å²) < 4.78 is 2.83. The molecule has 0 saturated carbocycles. The van der Waals surface area contributed by atoms with E-state index in [0.29, 0.717) is 12.1 Å². The van der Waals surface area contributed by atoms with Crippen LogP contribution in [0.5, 0.6) is 0 Å². The second-order valence-corrected chi connectivity index (χ2v) is 4.86. The summed E-state index contributed by atoms with van der Waals surface area (Å²) in [6.07, 6.45) is 1.66. The quantitative estimate of drug-likeness (QED) is 0.851. The molecule has 1 heterocycles. The topological polar surface area (TPSA) is 59.8 Å². The van der Waals surface area contributed by atoms with Gasteiger partial charge in [0.15, 0.2) is 5.82 Å². The van der Waals surface area contributed by atoms with Crippen LogP contribution in [-0.4, -0.2) is 20.7 Å². The number of carbonyl (C=O) groups excluding carboxylic acids is 1. The molecule has 0 radical (unpaired) electrons. The number of nitrogens with one attached hydrogen (secondary N) is 1. The van der Waals surface area contributed by atoms with E-state index in [4.69, 9.17) is 0 Å². The molecular weight excluding hydrogens is 343 g/mol. The van der Waals surface area contributed by atoms with Gasteiger partial charge in [-0.05, 0) is 41.6 Å². The second-order valence-electron chi connectivity index (χ2n) is 3.70. The lowest BCUT2D eigenvalue weighted by atomic mass is 10.2. The Morgan fingerprint density at radius 1 is 1.44 bits per heavy atom. The molecule has 0 aliphatic carbocycles. The average Bonchev–Trinajstić information content (AvgIpc) is 2.84. The van der Waals surface area contributed by atoms with Crippen LogP contribution < -0.4 is 5.32 Å². The van der Waals surface area contributed by atoms with Gasteiger partial charge in [-0.1, -0.05) is 12.1 Å². The number of carbonyl (C=O) groups is 1. The fourth-order valence-corrected chi connectivity index (χ4v) is 2.21. The Bertz CT molecular complexity index is 553. The van der Waals surface area contributed by atoms with Gasteiger partial charge in [0.1, 0.15) is 6.33 Å². The zero-order valence-corrected chi connectivity index (χ0v) is 12.1. The summed E-state index contributed by atoms with van der Waals surface area (Å²) in [7, 11) is 0. The maximum atomic E-state index is 12.0. The van der Waals surface area contributed by atoms with Crippen molar-refractivity contribution in [2.75, 3.05) is 0 Å². The van der Waals surface area contributed by atoms with Crippen molar-refractivity contribution < 1.29 is 4.79 Å². The first kappa shape index (κ1) is 13.0. The van der Waals surface area contributed by atoms with E-state index in [1.165, 1.54) is 0 Å². The molecule has 6 heteroatoms. The number of amides is 1. The molecule has 0 fully saturated rings. The second kappa shape index (κ2) is 5.94. The van der Waals surface area contributed by atoms with Gasteiger partial charge in [0.25, 0.3) is 5.91 Å². The van der Waals surface area contributed by atoms with Gasteiger partial charge in [0.2, 0.25) is 0 Å². The van der Waals surface area contributed by atoms with Crippen LogP contribution in [0.3, 0.4) is 0 Å². The van der Waals surface area contributed by atoms with Crippen LogP contribution in [0.15, 0.2) is 30.6 Å². The highest BCUT2D eigenvalue weighted by Gasteiger charge is 2.10. The van der Waals surface area contributed by atoms with Crippen LogP contribution in [0.4, 0.5) is 0 Å². The number of hydrogen-bond acceptors (Lipinski definition) is 3. The Balaban J connectivity index is 2.03. The van der Waals surface area contributed by atoms with Crippen LogP contribution in [-0.2, 0) is 13.1 Å². The Labute approximate surface area is 119 Å². The fourth-order valence-electron chi connectivity index (χ4n) is 1.58. The molecule has 0 aliphatic rings. The van der Waals surface area contributed by atoms with E-state index in [-0.39, 0.29) is 5.91 Å². The molecule has 2 aromatic rings. The lowest BCUT2D eigenvalue weighted by molar-refractivity contribution is 0.0948. The largest absolute Gasteiger partial charge is 0.345 e. The van der Waals surface area contributed by atoms with Gasteiger partial charge in [-0.2, -0.15) is 0 Å². The lowest BCUT2D eigenvalue weighted by Crippen LogP contribution is -2.25. The molecule has 1 amide bonds. The third-order valence-electron chi connectivity index (χ3n) is 2.56. The maximum Gasteiger partial charge on any atom is 0.252 e. The molecule has 1 aromatic heterocycles. The van der Waals surface area contributed by atoms with Gasteiger partial charge in [-0.25, -0.2) is 0 Å². The van der Waals surface area contributed by atoms with E-state index in [1.807, 2.05) is 35.8 Å². The lowest BCUT2D eigenvalue weighted by Gasteiger charge is -2.07. The van der Waals surface area contributed by atoms with Crippen molar-refractivity contribution in [1.82, 2.24) is 20.1 Å². The van der Waals surface area contributed by atoms with Gasteiger partial charge in [0.05, 0.1) is 12.1 Å². The van der Waals surface area contributed by atoms with E-state index >= 15 is 0 Å². The average molecular weight is 356 g/mol. The Morgan fingerprint density at radius 3 is 2.94 bits per heavy atom. The zero-order chi connectivity index (χ0) is 13.0. The first-order chi connectivity index (χ1) is 8.72. The number of nitrogens with zero attached hydrogens (tertiary/aromatic N) is 3. The van der Waals surface area contributed by atoms with Crippen LogP contribution in [0.2, 0.25) is 0 Å².